The van der Waals surface area contributed by atoms with Crippen molar-refractivity contribution in [1.82, 2.24) is 14.5 Å². The SMILES string of the molecule is Cc1cccc(NS(=O)(=O)c2cc(-c3nc(C)c(C(=O)N4CCCCC4)s3)n(C)c2)c1. The molecule has 2 aromatic heterocycles. The minimum Gasteiger partial charge on any atom is -0.347 e. The highest BCUT2D eigenvalue weighted by atomic mass is 32.2. The molecule has 7 nitrogen and oxygen atoms in total. The van der Waals surface area contributed by atoms with Crippen LogP contribution in [0.2, 0.25) is 0 Å². The number of hydrogen-bond acceptors (Lipinski definition) is 5. The maximum atomic E-state index is 12.9. The first-order valence-corrected chi connectivity index (χ1v) is 12.6. The predicted molar refractivity (Wildman–Crippen MR) is 123 cm³/mol. The highest BCUT2D eigenvalue weighted by Gasteiger charge is 2.25. The van der Waals surface area contributed by atoms with Crippen molar-refractivity contribution >= 4 is 33.0 Å². The van der Waals surface area contributed by atoms with E-state index >= 15 is 0 Å². The summed E-state index contributed by atoms with van der Waals surface area (Å²) in [6.07, 6.45) is 4.79. The van der Waals surface area contributed by atoms with Gasteiger partial charge in [-0.2, -0.15) is 0 Å². The van der Waals surface area contributed by atoms with Gasteiger partial charge in [-0.15, -0.1) is 11.3 Å². The zero-order chi connectivity index (χ0) is 22.2. The van der Waals surface area contributed by atoms with Crippen LogP contribution in [-0.4, -0.2) is 41.9 Å². The van der Waals surface area contributed by atoms with Crippen LogP contribution >= 0.6 is 11.3 Å². The first-order valence-electron chi connectivity index (χ1n) is 10.3. The van der Waals surface area contributed by atoms with Crippen LogP contribution in [0.5, 0.6) is 0 Å². The fourth-order valence-electron chi connectivity index (χ4n) is 3.76. The molecule has 1 N–H and O–H groups in total. The third-order valence-electron chi connectivity index (χ3n) is 5.41. The van der Waals surface area contributed by atoms with E-state index in [9.17, 15) is 13.2 Å². The van der Waals surface area contributed by atoms with Crippen LogP contribution in [0.1, 0.15) is 40.2 Å². The average Bonchev–Trinajstić information content (AvgIpc) is 3.31. The molecule has 1 amide bonds. The number of likely N-dealkylation sites (tertiary alicyclic amines) is 1. The average molecular weight is 459 g/mol. The number of hydrogen-bond donors (Lipinski definition) is 1. The summed E-state index contributed by atoms with van der Waals surface area (Å²) < 4.78 is 30.1. The molecule has 1 saturated heterocycles. The molecule has 164 valence electrons. The summed E-state index contributed by atoms with van der Waals surface area (Å²) in [6, 6.07) is 8.82. The van der Waals surface area contributed by atoms with Crippen LogP contribution in [0.3, 0.4) is 0 Å². The summed E-state index contributed by atoms with van der Waals surface area (Å²) in [7, 11) is -1.96. The number of nitrogens with zero attached hydrogens (tertiary/aromatic N) is 3. The summed E-state index contributed by atoms with van der Waals surface area (Å²) >= 11 is 1.32. The Bertz CT molecular complexity index is 1220. The van der Waals surface area contributed by atoms with E-state index < -0.39 is 10.0 Å². The number of rotatable bonds is 5. The van der Waals surface area contributed by atoms with Gasteiger partial charge in [0.15, 0.2) is 0 Å². The Morgan fingerprint density at radius 1 is 1.13 bits per heavy atom. The van der Waals surface area contributed by atoms with Gasteiger partial charge in [-0.25, -0.2) is 13.4 Å². The summed E-state index contributed by atoms with van der Waals surface area (Å²) in [5.41, 5.74) is 2.83. The zero-order valence-corrected chi connectivity index (χ0v) is 19.5. The molecule has 3 aromatic rings. The molecule has 0 bridgehead atoms. The molecular weight excluding hydrogens is 432 g/mol. The minimum absolute atomic E-state index is 0.0177. The van der Waals surface area contributed by atoms with Crippen molar-refractivity contribution in [2.45, 2.75) is 38.0 Å². The van der Waals surface area contributed by atoms with E-state index in [1.54, 1.807) is 36.0 Å². The second-order valence-electron chi connectivity index (χ2n) is 7.93. The van der Waals surface area contributed by atoms with E-state index in [4.69, 9.17) is 0 Å². The van der Waals surface area contributed by atoms with Crippen LogP contribution in [0.25, 0.3) is 10.7 Å². The van der Waals surface area contributed by atoms with Crippen molar-refractivity contribution in [2.24, 2.45) is 7.05 Å². The lowest BCUT2D eigenvalue weighted by molar-refractivity contribution is 0.0728. The molecule has 31 heavy (non-hydrogen) atoms. The van der Waals surface area contributed by atoms with Gasteiger partial charge < -0.3 is 9.47 Å². The largest absolute Gasteiger partial charge is 0.347 e. The quantitative estimate of drug-likeness (QED) is 0.621. The van der Waals surface area contributed by atoms with Gasteiger partial charge in [-0.05, 0) is 56.9 Å². The van der Waals surface area contributed by atoms with Gasteiger partial charge in [-0.1, -0.05) is 12.1 Å². The fraction of sp³-hybridized carbons (Fsp3) is 0.364. The third kappa shape index (κ3) is 4.52. The first-order chi connectivity index (χ1) is 14.7. The molecule has 3 heterocycles. The number of anilines is 1. The van der Waals surface area contributed by atoms with E-state index in [-0.39, 0.29) is 10.8 Å². The van der Waals surface area contributed by atoms with Crippen LogP contribution in [0.15, 0.2) is 41.4 Å². The standard InChI is InChI=1S/C22H26N4O3S2/c1-15-8-7-9-17(12-15)24-31(28,29)18-13-19(25(3)14-18)21-23-16(2)20(30-21)22(27)26-10-5-4-6-11-26/h7-9,12-14,24H,4-6,10-11H2,1-3H3. The van der Waals surface area contributed by atoms with Crippen molar-refractivity contribution in [3.8, 4) is 10.7 Å². The number of nitrogens with one attached hydrogen (secondary N) is 1. The van der Waals surface area contributed by atoms with Crippen molar-refractivity contribution in [2.75, 3.05) is 17.8 Å². The van der Waals surface area contributed by atoms with Gasteiger partial charge in [0.25, 0.3) is 15.9 Å². The van der Waals surface area contributed by atoms with Gasteiger partial charge in [0.1, 0.15) is 14.8 Å². The Labute approximate surface area is 186 Å². The van der Waals surface area contributed by atoms with E-state index in [1.165, 1.54) is 11.3 Å². The number of sulfonamides is 1. The fourth-order valence-corrected chi connectivity index (χ4v) is 5.97. The Balaban J connectivity index is 1.61. The molecule has 9 heteroatoms. The molecule has 0 atom stereocenters. The lowest BCUT2D eigenvalue weighted by Crippen LogP contribution is -2.35. The van der Waals surface area contributed by atoms with Crippen LogP contribution in [0.4, 0.5) is 5.69 Å². The lowest BCUT2D eigenvalue weighted by Gasteiger charge is -2.26. The third-order valence-corrected chi connectivity index (χ3v) is 7.93. The Morgan fingerprint density at radius 2 is 1.87 bits per heavy atom. The number of carbonyl (C=O) groups excluding carboxylic acids is 1. The topological polar surface area (TPSA) is 84.3 Å². The maximum absolute atomic E-state index is 12.9. The smallest absolute Gasteiger partial charge is 0.265 e. The summed E-state index contributed by atoms with van der Waals surface area (Å²) in [5, 5.41) is 0.636. The highest BCUT2D eigenvalue weighted by molar-refractivity contribution is 7.92. The van der Waals surface area contributed by atoms with Crippen molar-refractivity contribution in [3.63, 3.8) is 0 Å². The first kappa shape index (κ1) is 21.6. The second-order valence-corrected chi connectivity index (χ2v) is 10.6. The molecule has 1 fully saturated rings. The number of aryl methyl sites for hydroxylation is 3. The van der Waals surface area contributed by atoms with E-state index in [0.717, 1.165) is 37.9 Å². The number of thiazole rings is 1. The normalized spacial score (nSPS) is 14.6. The van der Waals surface area contributed by atoms with E-state index in [2.05, 4.69) is 9.71 Å². The number of aromatic nitrogens is 2. The predicted octanol–water partition coefficient (Wildman–Crippen LogP) is 4.19. The molecule has 1 aromatic carbocycles. The molecular formula is C22H26N4O3S2. The Kier molecular flexibility index (Phi) is 5.90. The molecule has 0 radical (unpaired) electrons. The molecule has 1 aliphatic rings. The molecule has 0 saturated carbocycles. The lowest BCUT2D eigenvalue weighted by atomic mass is 10.1. The van der Waals surface area contributed by atoms with Crippen molar-refractivity contribution in [1.29, 1.82) is 0 Å². The van der Waals surface area contributed by atoms with E-state index in [1.807, 2.05) is 30.9 Å². The number of carbonyl (C=O) groups is 1. The van der Waals surface area contributed by atoms with Gasteiger partial charge in [-0.3, -0.25) is 9.52 Å². The Hall–Kier alpha value is -2.65. The molecule has 0 spiro atoms. The number of piperidine rings is 1. The Morgan fingerprint density at radius 3 is 2.58 bits per heavy atom. The van der Waals surface area contributed by atoms with Gasteiger partial charge in [0.05, 0.1) is 11.4 Å². The minimum atomic E-state index is -3.75. The maximum Gasteiger partial charge on any atom is 0.265 e. The molecule has 1 aliphatic heterocycles. The van der Waals surface area contributed by atoms with Gasteiger partial charge >= 0.3 is 0 Å². The zero-order valence-electron chi connectivity index (χ0n) is 17.9. The highest BCUT2D eigenvalue weighted by Crippen LogP contribution is 2.32. The van der Waals surface area contributed by atoms with Crippen LogP contribution in [-0.2, 0) is 17.1 Å². The van der Waals surface area contributed by atoms with Crippen molar-refractivity contribution in [3.05, 3.63) is 52.7 Å². The number of amides is 1. The van der Waals surface area contributed by atoms with Crippen LogP contribution in [0, 0.1) is 13.8 Å². The summed E-state index contributed by atoms with van der Waals surface area (Å²) in [6.45, 7) is 5.30. The van der Waals surface area contributed by atoms with Crippen molar-refractivity contribution < 1.29 is 13.2 Å². The molecule has 0 unspecified atom stereocenters. The summed E-state index contributed by atoms with van der Waals surface area (Å²) in [4.78, 5) is 20.2. The van der Waals surface area contributed by atoms with Gasteiger partial charge in [0, 0.05) is 32.0 Å². The monoisotopic (exact) mass is 458 g/mol. The second kappa shape index (κ2) is 8.47. The molecule has 4 rings (SSSR count). The van der Waals surface area contributed by atoms with Crippen LogP contribution < -0.4 is 4.72 Å². The van der Waals surface area contributed by atoms with Gasteiger partial charge in [0.2, 0.25) is 0 Å². The van der Waals surface area contributed by atoms with E-state index in [0.29, 0.717) is 27.0 Å². The molecule has 0 aliphatic carbocycles. The number of benzene rings is 1. The summed E-state index contributed by atoms with van der Waals surface area (Å²) in [5.74, 6) is 0.0177.